The number of hydrogen-bond acceptors (Lipinski definition) is 2. The van der Waals surface area contributed by atoms with Crippen molar-refractivity contribution >= 4 is 10.9 Å². The fourth-order valence-electron chi connectivity index (χ4n) is 3.30. The van der Waals surface area contributed by atoms with Gasteiger partial charge in [-0.15, -0.1) is 0 Å². The minimum absolute atomic E-state index is 0.767. The average molecular weight is 257 g/mol. The quantitative estimate of drug-likeness (QED) is 0.915. The number of aryl methyl sites for hydroxylation is 2. The van der Waals surface area contributed by atoms with Crippen LogP contribution in [-0.4, -0.2) is 23.1 Å². The molecular weight excluding hydrogens is 234 g/mol. The molecule has 2 N–H and O–H groups in total. The average Bonchev–Trinajstić information content (AvgIpc) is 2.85. The van der Waals surface area contributed by atoms with Crippen molar-refractivity contribution in [2.75, 3.05) is 13.6 Å². The van der Waals surface area contributed by atoms with Crippen LogP contribution in [0.2, 0.25) is 0 Å². The number of benzene rings is 1. The third-order valence-electron chi connectivity index (χ3n) is 4.46. The number of fused-ring (bicyclic) bond motifs is 2. The first-order valence-electron chi connectivity index (χ1n) is 7.10. The lowest BCUT2D eigenvalue weighted by Crippen LogP contribution is -2.07. The van der Waals surface area contributed by atoms with Crippen LogP contribution in [0.4, 0.5) is 0 Å². The summed E-state index contributed by atoms with van der Waals surface area (Å²) in [7, 11) is 4.36. The summed E-state index contributed by atoms with van der Waals surface area (Å²) in [6, 6.07) is 4.79. The van der Waals surface area contributed by atoms with Crippen molar-refractivity contribution in [2.24, 2.45) is 12.8 Å². The molecule has 102 valence electrons. The predicted octanol–water partition coefficient (Wildman–Crippen LogP) is 2.32. The molecule has 19 heavy (non-hydrogen) atoms. The van der Waals surface area contributed by atoms with Crippen molar-refractivity contribution in [1.82, 2.24) is 9.47 Å². The van der Waals surface area contributed by atoms with Crippen molar-refractivity contribution in [1.29, 1.82) is 0 Å². The molecule has 0 unspecified atom stereocenters. The molecule has 1 aliphatic rings. The van der Waals surface area contributed by atoms with Crippen LogP contribution in [0.3, 0.4) is 0 Å². The molecule has 0 atom stereocenters. The SMILES string of the molecule is Cc1c(CCCN)c2cc3c(cc2n1C)CN(C)C3. The molecule has 3 heteroatoms. The number of hydrogen-bond donors (Lipinski definition) is 1. The molecule has 0 spiro atoms. The van der Waals surface area contributed by atoms with Crippen molar-refractivity contribution in [3.8, 4) is 0 Å². The third kappa shape index (κ3) is 1.97. The van der Waals surface area contributed by atoms with Crippen LogP contribution in [0.25, 0.3) is 10.9 Å². The molecule has 0 radical (unpaired) electrons. The van der Waals surface area contributed by atoms with Crippen molar-refractivity contribution in [2.45, 2.75) is 32.9 Å². The van der Waals surface area contributed by atoms with Crippen LogP contribution < -0.4 is 5.73 Å². The molecule has 2 aromatic rings. The van der Waals surface area contributed by atoms with Crippen molar-refractivity contribution < 1.29 is 0 Å². The van der Waals surface area contributed by atoms with Gasteiger partial charge in [-0.3, -0.25) is 4.90 Å². The summed E-state index contributed by atoms with van der Waals surface area (Å²) in [5.41, 5.74) is 12.9. The zero-order valence-electron chi connectivity index (χ0n) is 12.2. The van der Waals surface area contributed by atoms with Crippen LogP contribution in [0.15, 0.2) is 12.1 Å². The van der Waals surface area contributed by atoms with Gasteiger partial charge < -0.3 is 10.3 Å². The molecular formula is C16H23N3. The largest absolute Gasteiger partial charge is 0.348 e. The fraction of sp³-hybridized carbons (Fsp3) is 0.500. The lowest BCUT2D eigenvalue weighted by molar-refractivity contribution is 0.353. The Balaban J connectivity index is 2.16. The first-order chi connectivity index (χ1) is 9.11. The minimum atomic E-state index is 0.767. The van der Waals surface area contributed by atoms with E-state index in [0.29, 0.717) is 0 Å². The Morgan fingerprint density at radius 2 is 1.84 bits per heavy atom. The molecule has 2 heterocycles. The van der Waals surface area contributed by atoms with Crippen LogP contribution in [0.5, 0.6) is 0 Å². The third-order valence-corrected chi connectivity index (χ3v) is 4.46. The maximum absolute atomic E-state index is 5.67. The Bertz CT molecular complexity index is 625. The van der Waals surface area contributed by atoms with Gasteiger partial charge in [0.2, 0.25) is 0 Å². The number of nitrogens with zero attached hydrogens (tertiary/aromatic N) is 2. The van der Waals surface area contributed by atoms with Gasteiger partial charge in [0.25, 0.3) is 0 Å². The first-order valence-corrected chi connectivity index (χ1v) is 7.10. The van der Waals surface area contributed by atoms with Gasteiger partial charge >= 0.3 is 0 Å². The van der Waals surface area contributed by atoms with E-state index < -0.39 is 0 Å². The maximum atomic E-state index is 5.67. The topological polar surface area (TPSA) is 34.2 Å². The second kappa shape index (κ2) is 4.66. The number of nitrogens with two attached hydrogens (primary N) is 1. The van der Waals surface area contributed by atoms with Crippen LogP contribution >= 0.6 is 0 Å². The summed E-state index contributed by atoms with van der Waals surface area (Å²) >= 11 is 0. The van der Waals surface area contributed by atoms with Gasteiger partial charge in [-0.1, -0.05) is 0 Å². The van der Waals surface area contributed by atoms with E-state index in [2.05, 4.69) is 42.6 Å². The summed E-state index contributed by atoms with van der Waals surface area (Å²) < 4.78 is 2.33. The summed E-state index contributed by atoms with van der Waals surface area (Å²) in [6.07, 6.45) is 2.16. The molecule has 0 fully saturated rings. The summed E-state index contributed by atoms with van der Waals surface area (Å²) in [5, 5.41) is 1.43. The zero-order chi connectivity index (χ0) is 13.6. The standard InChI is InChI=1S/C16H23N3/c1-11-14(5-4-6-17)15-7-12-9-18(2)10-13(12)8-16(15)19(11)3/h7-8H,4-6,9-10,17H2,1-3H3. The maximum Gasteiger partial charge on any atom is 0.0486 e. The Morgan fingerprint density at radius 3 is 2.53 bits per heavy atom. The molecule has 1 aliphatic heterocycles. The molecule has 0 amide bonds. The van der Waals surface area contributed by atoms with Crippen LogP contribution in [-0.2, 0) is 26.6 Å². The predicted molar refractivity (Wildman–Crippen MR) is 80.2 cm³/mol. The summed E-state index contributed by atoms with van der Waals surface area (Å²) in [4.78, 5) is 2.37. The number of aromatic nitrogens is 1. The van der Waals surface area contributed by atoms with Gasteiger partial charge in [0, 0.05) is 36.7 Å². The van der Waals surface area contributed by atoms with Crippen molar-refractivity contribution in [3.05, 3.63) is 34.5 Å². The fourth-order valence-corrected chi connectivity index (χ4v) is 3.30. The molecule has 3 rings (SSSR count). The van der Waals surface area contributed by atoms with E-state index in [1.165, 1.54) is 33.3 Å². The lowest BCUT2D eigenvalue weighted by atomic mass is 10.0. The van der Waals surface area contributed by atoms with Gasteiger partial charge in [0.15, 0.2) is 0 Å². The van der Waals surface area contributed by atoms with Crippen LogP contribution in [0.1, 0.15) is 28.8 Å². The van der Waals surface area contributed by atoms with E-state index in [0.717, 1.165) is 32.5 Å². The highest BCUT2D eigenvalue weighted by Crippen LogP contribution is 2.32. The van der Waals surface area contributed by atoms with Gasteiger partial charge in [0.1, 0.15) is 0 Å². The van der Waals surface area contributed by atoms with Gasteiger partial charge in [-0.2, -0.15) is 0 Å². The highest BCUT2D eigenvalue weighted by Gasteiger charge is 2.19. The van der Waals surface area contributed by atoms with E-state index in [1.807, 2.05) is 0 Å². The summed E-state index contributed by atoms with van der Waals surface area (Å²) in [6.45, 7) is 5.15. The van der Waals surface area contributed by atoms with E-state index in [-0.39, 0.29) is 0 Å². The highest BCUT2D eigenvalue weighted by atomic mass is 15.1. The minimum Gasteiger partial charge on any atom is -0.348 e. The monoisotopic (exact) mass is 257 g/mol. The highest BCUT2D eigenvalue weighted by molar-refractivity contribution is 5.87. The second-order valence-electron chi connectivity index (χ2n) is 5.83. The molecule has 3 nitrogen and oxygen atoms in total. The molecule has 1 aromatic carbocycles. The lowest BCUT2D eigenvalue weighted by Gasteiger charge is -2.03. The van der Waals surface area contributed by atoms with Gasteiger partial charge in [-0.05, 0) is 62.2 Å². The van der Waals surface area contributed by atoms with Crippen molar-refractivity contribution in [3.63, 3.8) is 0 Å². The van der Waals surface area contributed by atoms with E-state index in [1.54, 1.807) is 0 Å². The zero-order valence-corrected chi connectivity index (χ0v) is 12.2. The van der Waals surface area contributed by atoms with E-state index in [4.69, 9.17) is 5.73 Å². The molecule has 0 aliphatic carbocycles. The molecule has 0 bridgehead atoms. The second-order valence-corrected chi connectivity index (χ2v) is 5.83. The summed E-state index contributed by atoms with van der Waals surface area (Å²) in [5.74, 6) is 0. The Labute approximate surface area is 115 Å². The molecule has 0 saturated heterocycles. The van der Waals surface area contributed by atoms with Crippen LogP contribution in [0, 0.1) is 6.92 Å². The first kappa shape index (κ1) is 12.7. The number of rotatable bonds is 3. The molecule has 1 aromatic heterocycles. The Kier molecular flexibility index (Phi) is 3.11. The van der Waals surface area contributed by atoms with Gasteiger partial charge in [-0.25, -0.2) is 0 Å². The smallest absolute Gasteiger partial charge is 0.0486 e. The van der Waals surface area contributed by atoms with E-state index in [9.17, 15) is 0 Å². The Morgan fingerprint density at radius 1 is 1.16 bits per heavy atom. The molecule has 0 saturated carbocycles. The van der Waals surface area contributed by atoms with Gasteiger partial charge in [0.05, 0.1) is 0 Å². The normalized spacial score (nSPS) is 15.4. The van der Waals surface area contributed by atoms with E-state index >= 15 is 0 Å². The Hall–Kier alpha value is -1.32.